The van der Waals surface area contributed by atoms with Crippen molar-refractivity contribution in [2.75, 3.05) is 18.0 Å². The number of halogens is 3. The van der Waals surface area contributed by atoms with Gasteiger partial charge in [0.15, 0.2) is 16.6 Å². The zero-order valence-corrected chi connectivity index (χ0v) is 18.3. The number of pyridine rings is 1. The highest BCUT2D eigenvalue weighted by Crippen LogP contribution is 2.32. The monoisotopic (exact) mass is 465 g/mol. The zero-order valence-electron chi connectivity index (χ0n) is 17.5. The Kier molecular flexibility index (Phi) is 7.73. The molecule has 0 bridgehead atoms. The number of carbonyl (C=O) groups excluding carboxylic acids is 1. The van der Waals surface area contributed by atoms with E-state index in [-0.39, 0.29) is 22.5 Å². The number of nitrogens with one attached hydrogen (secondary N) is 1. The van der Waals surface area contributed by atoms with Gasteiger partial charge in [-0.1, -0.05) is 11.8 Å². The van der Waals surface area contributed by atoms with E-state index < -0.39 is 17.8 Å². The number of carbonyl (C=O) groups is 1. The van der Waals surface area contributed by atoms with Crippen molar-refractivity contribution in [3.05, 3.63) is 65.5 Å². The molecule has 0 aliphatic carbocycles. The highest BCUT2D eigenvalue weighted by molar-refractivity contribution is 7.98. The number of thioether (sulfide) groups is 1. The van der Waals surface area contributed by atoms with Crippen molar-refractivity contribution in [2.45, 2.75) is 37.5 Å². The fraction of sp³-hybridized carbons (Fsp3) is 0.333. The molecule has 0 atom stereocenters. The number of nitrogens with zero attached hydrogens (tertiary/aromatic N) is 4. The molecule has 0 spiro atoms. The molecule has 0 unspecified atom stereocenters. The summed E-state index contributed by atoms with van der Waals surface area (Å²) in [7, 11) is 0. The van der Waals surface area contributed by atoms with Crippen LogP contribution < -0.4 is 10.2 Å². The van der Waals surface area contributed by atoms with Crippen molar-refractivity contribution in [2.24, 2.45) is 0 Å². The minimum atomic E-state index is -4.58. The molecule has 0 fully saturated rings. The Labute approximate surface area is 187 Å². The molecule has 3 aromatic heterocycles. The van der Waals surface area contributed by atoms with Gasteiger partial charge >= 0.3 is 6.18 Å². The Morgan fingerprint density at radius 3 is 2.50 bits per heavy atom. The molecule has 1 N–H and O–H groups in total. The van der Waals surface area contributed by atoms with Crippen LogP contribution in [0.5, 0.6) is 0 Å². The fourth-order valence-electron chi connectivity index (χ4n) is 2.82. The van der Waals surface area contributed by atoms with Gasteiger partial charge in [0, 0.05) is 38.1 Å². The zero-order chi connectivity index (χ0) is 23.1. The van der Waals surface area contributed by atoms with Crippen molar-refractivity contribution >= 4 is 23.5 Å². The van der Waals surface area contributed by atoms with Crippen molar-refractivity contribution in [1.82, 2.24) is 20.3 Å². The second kappa shape index (κ2) is 10.5. The van der Waals surface area contributed by atoms with Gasteiger partial charge in [-0.3, -0.25) is 9.78 Å². The molecule has 0 radical (unpaired) electrons. The maximum absolute atomic E-state index is 13.3. The van der Waals surface area contributed by atoms with Gasteiger partial charge < -0.3 is 14.6 Å². The summed E-state index contributed by atoms with van der Waals surface area (Å²) in [6.07, 6.45) is -1.32. The molecule has 1 amide bonds. The number of alkyl halides is 3. The molecule has 0 aliphatic rings. The number of rotatable bonds is 9. The van der Waals surface area contributed by atoms with E-state index in [1.807, 2.05) is 13.8 Å². The number of hydrogen-bond donors (Lipinski definition) is 1. The van der Waals surface area contributed by atoms with Crippen LogP contribution in [-0.2, 0) is 18.5 Å². The minimum Gasteiger partial charge on any atom is -0.455 e. The van der Waals surface area contributed by atoms with Crippen molar-refractivity contribution in [1.29, 1.82) is 0 Å². The van der Waals surface area contributed by atoms with Gasteiger partial charge in [0.2, 0.25) is 0 Å². The molecule has 11 heteroatoms. The van der Waals surface area contributed by atoms with Crippen LogP contribution in [0, 0.1) is 0 Å². The predicted octanol–water partition coefficient (Wildman–Crippen LogP) is 4.55. The SMILES string of the molecule is CCN(CC)c1cc(C(F)(F)F)nc(SCc2ccc(C(=O)NCc3ccncc3)o2)n1. The van der Waals surface area contributed by atoms with E-state index in [1.54, 1.807) is 35.5 Å². The summed E-state index contributed by atoms with van der Waals surface area (Å²) in [5, 5.41) is 2.72. The summed E-state index contributed by atoms with van der Waals surface area (Å²) in [5.41, 5.74) is -0.103. The average molecular weight is 466 g/mol. The summed E-state index contributed by atoms with van der Waals surface area (Å²) >= 11 is 1.01. The molecule has 32 heavy (non-hydrogen) atoms. The molecule has 0 saturated heterocycles. The molecule has 7 nitrogen and oxygen atoms in total. The molecule has 3 rings (SSSR count). The first-order chi connectivity index (χ1) is 15.3. The third-order valence-electron chi connectivity index (χ3n) is 4.50. The van der Waals surface area contributed by atoms with Gasteiger partial charge in [0.25, 0.3) is 5.91 Å². The van der Waals surface area contributed by atoms with Gasteiger partial charge in [-0.25, -0.2) is 9.97 Å². The summed E-state index contributed by atoms with van der Waals surface area (Å²) in [6, 6.07) is 7.65. The van der Waals surface area contributed by atoms with Crippen LogP contribution in [0.15, 0.2) is 52.3 Å². The highest BCUT2D eigenvalue weighted by atomic mass is 32.2. The number of furan rings is 1. The first-order valence-electron chi connectivity index (χ1n) is 9.90. The van der Waals surface area contributed by atoms with E-state index in [1.165, 1.54) is 6.07 Å². The number of aromatic nitrogens is 3. The van der Waals surface area contributed by atoms with Gasteiger partial charge in [0.05, 0.1) is 5.75 Å². The van der Waals surface area contributed by atoms with Crippen molar-refractivity contribution < 1.29 is 22.4 Å². The Bertz CT molecular complexity index is 1040. The van der Waals surface area contributed by atoms with Crippen LogP contribution >= 0.6 is 11.8 Å². The van der Waals surface area contributed by atoms with E-state index >= 15 is 0 Å². The van der Waals surface area contributed by atoms with Crippen molar-refractivity contribution in [3.8, 4) is 0 Å². The van der Waals surface area contributed by atoms with E-state index in [0.717, 1.165) is 23.4 Å². The first-order valence-corrected chi connectivity index (χ1v) is 10.9. The van der Waals surface area contributed by atoms with Gasteiger partial charge in [-0.2, -0.15) is 13.2 Å². The lowest BCUT2D eigenvalue weighted by Crippen LogP contribution is -2.24. The molecular weight excluding hydrogens is 443 g/mol. The smallest absolute Gasteiger partial charge is 0.433 e. The summed E-state index contributed by atoms with van der Waals surface area (Å²) < 4.78 is 45.4. The van der Waals surface area contributed by atoms with Crippen LogP contribution in [0.3, 0.4) is 0 Å². The van der Waals surface area contributed by atoms with Gasteiger partial charge in [0.1, 0.15) is 11.6 Å². The second-order valence-corrected chi connectivity index (χ2v) is 7.60. The Hall–Kier alpha value is -3.08. The predicted molar refractivity (Wildman–Crippen MR) is 114 cm³/mol. The molecule has 3 aromatic rings. The number of amides is 1. The minimum absolute atomic E-state index is 0.0122. The lowest BCUT2D eigenvalue weighted by Gasteiger charge is -2.21. The first kappa shape index (κ1) is 23.6. The Balaban J connectivity index is 1.67. The average Bonchev–Trinajstić information content (AvgIpc) is 3.26. The maximum atomic E-state index is 13.3. The fourth-order valence-corrected chi connectivity index (χ4v) is 3.56. The topological polar surface area (TPSA) is 84.2 Å². The molecular formula is C21H22F3N5O2S. The summed E-state index contributed by atoms with van der Waals surface area (Å²) in [6.45, 7) is 5.04. The number of anilines is 1. The third kappa shape index (κ3) is 6.22. The maximum Gasteiger partial charge on any atom is 0.433 e. The van der Waals surface area contributed by atoms with Crippen LogP contribution in [0.4, 0.5) is 19.0 Å². The number of hydrogen-bond acceptors (Lipinski definition) is 7. The van der Waals surface area contributed by atoms with E-state index in [4.69, 9.17) is 4.42 Å². The molecule has 0 aliphatic heterocycles. The quantitative estimate of drug-likeness (QED) is 0.367. The lowest BCUT2D eigenvalue weighted by atomic mass is 10.2. The Morgan fingerprint density at radius 1 is 1.12 bits per heavy atom. The van der Waals surface area contributed by atoms with Gasteiger partial charge in [-0.05, 0) is 43.7 Å². The largest absolute Gasteiger partial charge is 0.455 e. The Morgan fingerprint density at radius 2 is 1.84 bits per heavy atom. The van der Waals surface area contributed by atoms with Crippen LogP contribution in [-0.4, -0.2) is 33.9 Å². The molecule has 3 heterocycles. The van der Waals surface area contributed by atoms with Gasteiger partial charge in [-0.15, -0.1) is 0 Å². The van der Waals surface area contributed by atoms with Crippen LogP contribution in [0.2, 0.25) is 0 Å². The molecule has 0 saturated carbocycles. The highest BCUT2D eigenvalue weighted by Gasteiger charge is 2.34. The lowest BCUT2D eigenvalue weighted by molar-refractivity contribution is -0.141. The third-order valence-corrected chi connectivity index (χ3v) is 5.37. The van der Waals surface area contributed by atoms with Crippen molar-refractivity contribution in [3.63, 3.8) is 0 Å². The van der Waals surface area contributed by atoms with E-state index in [0.29, 0.717) is 25.4 Å². The standard InChI is InChI=1S/C21H22F3N5O2S/c1-3-29(4-2)18-11-17(21(22,23)24)27-20(28-18)32-13-15-5-6-16(31-15)19(30)26-12-14-7-9-25-10-8-14/h5-11H,3-4,12-13H2,1-2H3,(H,26,30). The van der Waals surface area contributed by atoms with Crippen LogP contribution in [0.25, 0.3) is 0 Å². The summed E-state index contributed by atoms with van der Waals surface area (Å²) in [5.74, 6) is 0.543. The van der Waals surface area contributed by atoms with E-state index in [2.05, 4.69) is 20.3 Å². The summed E-state index contributed by atoms with van der Waals surface area (Å²) in [4.78, 5) is 25.8. The normalized spacial score (nSPS) is 11.4. The van der Waals surface area contributed by atoms with E-state index in [9.17, 15) is 18.0 Å². The van der Waals surface area contributed by atoms with Crippen LogP contribution in [0.1, 0.15) is 41.4 Å². The second-order valence-electron chi connectivity index (χ2n) is 6.66. The molecule has 170 valence electrons. The molecule has 0 aromatic carbocycles.